The van der Waals surface area contributed by atoms with Gasteiger partial charge in [0.2, 0.25) is 0 Å². The second-order valence-electron chi connectivity index (χ2n) is 6.37. The van der Waals surface area contributed by atoms with Crippen LogP contribution in [-0.2, 0) is 0 Å². The first kappa shape index (κ1) is 17.3. The lowest BCUT2D eigenvalue weighted by atomic mass is 9.95. The Balaban J connectivity index is 1.83. The van der Waals surface area contributed by atoms with Crippen molar-refractivity contribution in [3.8, 4) is 23.3 Å². The van der Waals surface area contributed by atoms with Gasteiger partial charge in [-0.1, -0.05) is 84.9 Å². The van der Waals surface area contributed by atoms with Crippen molar-refractivity contribution in [2.45, 2.75) is 6.04 Å². The van der Waals surface area contributed by atoms with Gasteiger partial charge in [0.05, 0.1) is 12.4 Å². The number of imidazole rings is 1. The number of nitrogens with zero attached hydrogens (tertiary/aromatic N) is 4. The lowest BCUT2D eigenvalue weighted by Crippen LogP contribution is -2.13. The van der Waals surface area contributed by atoms with Gasteiger partial charge < -0.3 is 4.57 Å². The molecular weight excluding hydrogens is 344 g/mol. The van der Waals surface area contributed by atoms with E-state index in [1.54, 1.807) is 10.9 Å². The molecule has 0 aliphatic heterocycles. The zero-order valence-electron chi connectivity index (χ0n) is 15.0. The number of rotatable bonds is 4. The van der Waals surface area contributed by atoms with Gasteiger partial charge in [-0.2, -0.15) is 10.5 Å². The van der Waals surface area contributed by atoms with Crippen molar-refractivity contribution in [1.82, 2.24) is 9.55 Å². The number of hydrogen-bond donors (Lipinski definition) is 0. The maximum Gasteiger partial charge on any atom is 0.176 e. The molecule has 28 heavy (non-hydrogen) atoms. The van der Waals surface area contributed by atoms with Crippen LogP contribution in [0.2, 0.25) is 0 Å². The topological polar surface area (TPSA) is 65.4 Å². The highest BCUT2D eigenvalue weighted by molar-refractivity contribution is 5.63. The van der Waals surface area contributed by atoms with Crippen LogP contribution in [0.25, 0.3) is 11.1 Å². The third-order valence-corrected chi connectivity index (χ3v) is 4.73. The third kappa shape index (κ3) is 3.16. The van der Waals surface area contributed by atoms with Crippen LogP contribution in [0, 0.1) is 22.7 Å². The van der Waals surface area contributed by atoms with Crippen molar-refractivity contribution in [3.63, 3.8) is 0 Å². The van der Waals surface area contributed by atoms with E-state index in [1.807, 2.05) is 54.6 Å². The maximum absolute atomic E-state index is 9.59. The van der Waals surface area contributed by atoms with Crippen LogP contribution in [0.15, 0.2) is 91.3 Å². The first-order chi connectivity index (χ1) is 13.8. The third-order valence-electron chi connectivity index (χ3n) is 4.73. The SMILES string of the molecule is N#Cc1ncn([C@@H](c2ccccc2)c2ccc(-c3ccccc3)cc2)c1C#N. The molecule has 1 aromatic heterocycles. The van der Waals surface area contributed by atoms with Crippen LogP contribution in [0.3, 0.4) is 0 Å². The predicted octanol–water partition coefficient (Wildman–Crippen LogP) is 4.93. The van der Waals surface area contributed by atoms with Crippen molar-refractivity contribution in [2.24, 2.45) is 0 Å². The summed E-state index contributed by atoms with van der Waals surface area (Å²) >= 11 is 0. The highest BCUT2D eigenvalue weighted by atomic mass is 15.1. The normalized spacial score (nSPS) is 11.4. The fraction of sp³-hybridized carbons (Fsp3) is 0.0417. The van der Waals surface area contributed by atoms with Crippen molar-refractivity contribution < 1.29 is 0 Å². The largest absolute Gasteiger partial charge is 0.309 e. The number of benzene rings is 3. The van der Waals surface area contributed by atoms with E-state index in [1.165, 1.54) is 0 Å². The molecule has 0 aliphatic rings. The predicted molar refractivity (Wildman–Crippen MR) is 107 cm³/mol. The summed E-state index contributed by atoms with van der Waals surface area (Å²) in [5.74, 6) is 0. The lowest BCUT2D eigenvalue weighted by Gasteiger charge is -2.21. The Labute approximate surface area is 163 Å². The molecule has 0 fully saturated rings. The molecule has 0 saturated carbocycles. The zero-order valence-corrected chi connectivity index (χ0v) is 15.0. The summed E-state index contributed by atoms with van der Waals surface area (Å²) < 4.78 is 1.77. The number of nitriles is 2. The van der Waals surface area contributed by atoms with Crippen LogP contribution >= 0.6 is 0 Å². The van der Waals surface area contributed by atoms with Gasteiger partial charge in [0, 0.05) is 0 Å². The monoisotopic (exact) mass is 360 g/mol. The van der Waals surface area contributed by atoms with E-state index in [9.17, 15) is 10.5 Å². The van der Waals surface area contributed by atoms with Gasteiger partial charge in [-0.25, -0.2) is 4.98 Å². The summed E-state index contributed by atoms with van der Waals surface area (Å²) in [5.41, 5.74) is 4.72. The Morgan fingerprint density at radius 3 is 1.86 bits per heavy atom. The molecule has 0 radical (unpaired) electrons. The standard InChI is InChI=1S/C24H16N4/c25-15-22-23(16-26)28(17-27-22)24(20-9-5-2-6-10-20)21-13-11-19(12-14-21)18-7-3-1-4-8-18/h1-14,17,24H/t24-/m0/s1. The van der Waals surface area contributed by atoms with Gasteiger partial charge in [0.15, 0.2) is 11.4 Å². The lowest BCUT2D eigenvalue weighted by molar-refractivity contribution is 0.669. The van der Waals surface area contributed by atoms with Gasteiger partial charge >= 0.3 is 0 Å². The number of hydrogen-bond acceptors (Lipinski definition) is 3. The van der Waals surface area contributed by atoms with E-state index in [4.69, 9.17) is 0 Å². The maximum atomic E-state index is 9.59. The Hall–Kier alpha value is -4.15. The Morgan fingerprint density at radius 2 is 1.25 bits per heavy atom. The van der Waals surface area contributed by atoms with E-state index in [0.29, 0.717) is 0 Å². The molecule has 3 aromatic carbocycles. The smallest absolute Gasteiger partial charge is 0.176 e. The molecule has 0 bridgehead atoms. The second-order valence-corrected chi connectivity index (χ2v) is 6.37. The minimum Gasteiger partial charge on any atom is -0.309 e. The number of aromatic nitrogens is 2. The minimum atomic E-state index is -0.240. The summed E-state index contributed by atoms with van der Waals surface area (Å²) in [6.45, 7) is 0. The van der Waals surface area contributed by atoms with Crippen LogP contribution < -0.4 is 0 Å². The highest BCUT2D eigenvalue weighted by Gasteiger charge is 2.21. The van der Waals surface area contributed by atoms with Crippen molar-refractivity contribution in [2.75, 3.05) is 0 Å². The molecule has 1 heterocycles. The van der Waals surface area contributed by atoms with Crippen LogP contribution in [0.5, 0.6) is 0 Å². The summed E-state index contributed by atoms with van der Waals surface area (Å²) in [6.07, 6.45) is 1.57. The summed E-state index contributed by atoms with van der Waals surface area (Å²) in [7, 11) is 0. The highest BCUT2D eigenvalue weighted by Crippen LogP contribution is 2.30. The minimum absolute atomic E-state index is 0.143. The van der Waals surface area contributed by atoms with Gasteiger partial charge in [-0.05, 0) is 22.3 Å². The molecule has 0 spiro atoms. The molecule has 0 N–H and O–H groups in total. The van der Waals surface area contributed by atoms with Crippen LogP contribution in [-0.4, -0.2) is 9.55 Å². The molecule has 4 aromatic rings. The zero-order chi connectivity index (χ0) is 19.3. The molecule has 0 aliphatic carbocycles. The van der Waals surface area contributed by atoms with E-state index in [0.717, 1.165) is 22.3 Å². The molecule has 0 amide bonds. The van der Waals surface area contributed by atoms with E-state index >= 15 is 0 Å². The molecule has 0 saturated heterocycles. The molecule has 132 valence electrons. The average Bonchev–Trinajstić information content (AvgIpc) is 3.18. The van der Waals surface area contributed by atoms with Crippen molar-refractivity contribution in [1.29, 1.82) is 10.5 Å². The Kier molecular flexibility index (Phi) is 4.70. The van der Waals surface area contributed by atoms with Gasteiger partial charge in [0.1, 0.15) is 12.1 Å². The molecular formula is C24H16N4. The molecule has 4 rings (SSSR count). The fourth-order valence-electron chi connectivity index (χ4n) is 3.39. The summed E-state index contributed by atoms with van der Waals surface area (Å²) in [6, 6.07) is 32.3. The van der Waals surface area contributed by atoms with E-state index < -0.39 is 0 Å². The van der Waals surface area contributed by atoms with Crippen molar-refractivity contribution in [3.05, 3.63) is 114 Å². The fourth-order valence-corrected chi connectivity index (χ4v) is 3.39. The van der Waals surface area contributed by atoms with Gasteiger partial charge in [-0.3, -0.25) is 0 Å². The Bertz CT molecular complexity index is 1160. The second kappa shape index (κ2) is 7.61. The molecule has 0 unspecified atom stereocenters. The van der Waals surface area contributed by atoms with Gasteiger partial charge in [0.25, 0.3) is 0 Å². The summed E-state index contributed by atoms with van der Waals surface area (Å²) in [5, 5.41) is 18.9. The molecule has 4 heteroatoms. The van der Waals surface area contributed by atoms with Crippen LogP contribution in [0.4, 0.5) is 0 Å². The quantitative estimate of drug-likeness (QED) is 0.518. The molecule has 4 nitrogen and oxygen atoms in total. The van der Waals surface area contributed by atoms with E-state index in [-0.39, 0.29) is 17.4 Å². The average molecular weight is 360 g/mol. The Morgan fingerprint density at radius 1 is 0.679 bits per heavy atom. The first-order valence-corrected chi connectivity index (χ1v) is 8.89. The van der Waals surface area contributed by atoms with Gasteiger partial charge in [-0.15, -0.1) is 0 Å². The first-order valence-electron chi connectivity index (χ1n) is 8.89. The summed E-state index contributed by atoms with van der Waals surface area (Å²) in [4.78, 5) is 4.12. The van der Waals surface area contributed by atoms with Crippen LogP contribution in [0.1, 0.15) is 28.6 Å². The van der Waals surface area contributed by atoms with E-state index in [2.05, 4.69) is 47.5 Å². The molecule has 1 atom stereocenters. The van der Waals surface area contributed by atoms with Crippen molar-refractivity contribution >= 4 is 0 Å².